The molecule has 0 aromatic heterocycles. The van der Waals surface area contributed by atoms with Crippen molar-refractivity contribution in [1.29, 1.82) is 0 Å². The van der Waals surface area contributed by atoms with E-state index >= 15 is 0 Å². The number of hydrogen-bond acceptors (Lipinski definition) is 2. The molecule has 0 radical (unpaired) electrons. The minimum absolute atomic E-state index is 0.00281. The summed E-state index contributed by atoms with van der Waals surface area (Å²) in [4.78, 5) is 0.00281. The summed E-state index contributed by atoms with van der Waals surface area (Å²) >= 11 is 6.07. The zero-order valence-electron chi connectivity index (χ0n) is 12.2. The standard InChI is InChI=1S/C15H21ClFNO2S/c1-12-5-6-13(17)9-14(12)21(19,20)18-11-15(10-16)7-3-2-4-8-15/h5-6,9,18H,2-4,7-8,10-11H2,1H3. The molecule has 0 heterocycles. The van der Waals surface area contributed by atoms with Crippen molar-refractivity contribution in [3.8, 4) is 0 Å². The number of aryl methyl sites for hydroxylation is 1. The topological polar surface area (TPSA) is 46.2 Å². The highest BCUT2D eigenvalue weighted by Crippen LogP contribution is 2.37. The molecule has 1 aliphatic carbocycles. The van der Waals surface area contributed by atoms with Crippen LogP contribution in [-0.4, -0.2) is 20.8 Å². The molecule has 2 rings (SSSR count). The van der Waals surface area contributed by atoms with Gasteiger partial charge in [-0.1, -0.05) is 25.3 Å². The van der Waals surface area contributed by atoms with Crippen molar-refractivity contribution in [2.75, 3.05) is 12.4 Å². The highest BCUT2D eigenvalue weighted by atomic mass is 35.5. The van der Waals surface area contributed by atoms with Crippen LogP contribution in [0.25, 0.3) is 0 Å². The van der Waals surface area contributed by atoms with Gasteiger partial charge in [-0.15, -0.1) is 11.6 Å². The third kappa shape index (κ3) is 3.96. The highest BCUT2D eigenvalue weighted by molar-refractivity contribution is 7.89. The quantitative estimate of drug-likeness (QED) is 0.837. The predicted octanol–water partition coefficient (Wildman–Crippen LogP) is 3.60. The van der Waals surface area contributed by atoms with Crippen LogP contribution < -0.4 is 4.72 Å². The van der Waals surface area contributed by atoms with Crippen molar-refractivity contribution in [2.45, 2.75) is 43.9 Å². The molecule has 0 bridgehead atoms. The summed E-state index contributed by atoms with van der Waals surface area (Å²) in [5.74, 6) is -0.108. The summed E-state index contributed by atoms with van der Waals surface area (Å²) in [5.41, 5.74) is 0.362. The van der Waals surface area contributed by atoms with Crippen LogP contribution in [0.15, 0.2) is 23.1 Å². The van der Waals surface area contributed by atoms with Crippen LogP contribution in [0, 0.1) is 18.2 Å². The van der Waals surface area contributed by atoms with Gasteiger partial charge in [0.1, 0.15) is 5.82 Å². The van der Waals surface area contributed by atoms with Crippen LogP contribution in [-0.2, 0) is 10.0 Å². The monoisotopic (exact) mass is 333 g/mol. The van der Waals surface area contributed by atoms with Gasteiger partial charge in [0.15, 0.2) is 0 Å². The maximum Gasteiger partial charge on any atom is 0.240 e. The maximum atomic E-state index is 13.3. The zero-order valence-corrected chi connectivity index (χ0v) is 13.7. The molecule has 0 aliphatic heterocycles. The lowest BCUT2D eigenvalue weighted by atomic mass is 9.76. The molecule has 0 atom stereocenters. The van der Waals surface area contributed by atoms with Crippen LogP contribution in [0.4, 0.5) is 4.39 Å². The normalized spacial score (nSPS) is 18.6. The van der Waals surface area contributed by atoms with E-state index in [1.165, 1.54) is 18.6 Å². The van der Waals surface area contributed by atoms with Crippen LogP contribution in [0.3, 0.4) is 0 Å². The second-order valence-corrected chi connectivity index (χ2v) is 7.93. The Kier molecular flexibility index (Phi) is 5.28. The van der Waals surface area contributed by atoms with E-state index in [-0.39, 0.29) is 10.3 Å². The fraction of sp³-hybridized carbons (Fsp3) is 0.600. The number of halogens is 2. The molecule has 0 amide bonds. The van der Waals surface area contributed by atoms with Gasteiger partial charge in [-0.3, -0.25) is 0 Å². The molecule has 0 spiro atoms. The summed E-state index contributed by atoms with van der Waals surface area (Å²) in [6.07, 6.45) is 5.19. The molecule has 0 unspecified atom stereocenters. The van der Waals surface area contributed by atoms with Gasteiger partial charge >= 0.3 is 0 Å². The fourth-order valence-electron chi connectivity index (χ4n) is 2.85. The Morgan fingerprint density at radius 2 is 1.95 bits per heavy atom. The molecule has 1 aliphatic rings. The van der Waals surface area contributed by atoms with Gasteiger partial charge in [0.05, 0.1) is 4.90 Å². The number of benzene rings is 1. The summed E-state index contributed by atoms with van der Waals surface area (Å²) < 4.78 is 40.7. The van der Waals surface area contributed by atoms with Gasteiger partial charge in [0, 0.05) is 12.4 Å². The van der Waals surface area contributed by atoms with Crippen molar-refractivity contribution in [3.63, 3.8) is 0 Å². The second kappa shape index (κ2) is 6.63. The molecule has 21 heavy (non-hydrogen) atoms. The summed E-state index contributed by atoms with van der Waals surface area (Å²) in [6.45, 7) is 1.97. The first-order chi connectivity index (χ1) is 9.88. The Balaban J connectivity index is 2.15. The Hall–Kier alpha value is -0.650. The van der Waals surface area contributed by atoms with Gasteiger partial charge in [-0.05, 0) is 42.9 Å². The average Bonchev–Trinajstić information content (AvgIpc) is 2.49. The highest BCUT2D eigenvalue weighted by Gasteiger charge is 2.33. The lowest BCUT2D eigenvalue weighted by Crippen LogP contribution is -2.40. The van der Waals surface area contributed by atoms with Gasteiger partial charge in [0.2, 0.25) is 10.0 Å². The van der Waals surface area contributed by atoms with Crippen LogP contribution in [0.2, 0.25) is 0 Å². The van der Waals surface area contributed by atoms with Gasteiger partial charge in [-0.2, -0.15) is 0 Å². The molecular weight excluding hydrogens is 313 g/mol. The number of nitrogens with one attached hydrogen (secondary N) is 1. The molecule has 6 heteroatoms. The second-order valence-electron chi connectivity index (χ2n) is 5.93. The van der Waals surface area contributed by atoms with E-state index in [1.807, 2.05) is 0 Å². The van der Waals surface area contributed by atoms with Crippen LogP contribution in [0.5, 0.6) is 0 Å². The number of hydrogen-bond donors (Lipinski definition) is 1. The Labute approximate surface area is 130 Å². The first-order valence-electron chi connectivity index (χ1n) is 7.20. The fourth-order valence-corrected chi connectivity index (χ4v) is 4.62. The largest absolute Gasteiger partial charge is 0.240 e. The van der Waals surface area contributed by atoms with Crippen molar-refractivity contribution in [2.24, 2.45) is 5.41 Å². The van der Waals surface area contributed by atoms with E-state index in [4.69, 9.17) is 11.6 Å². The zero-order chi connectivity index (χ0) is 15.5. The van der Waals surface area contributed by atoms with E-state index in [2.05, 4.69) is 4.72 Å². The molecular formula is C15H21ClFNO2S. The van der Waals surface area contributed by atoms with Crippen molar-refractivity contribution < 1.29 is 12.8 Å². The van der Waals surface area contributed by atoms with Gasteiger partial charge in [-0.25, -0.2) is 17.5 Å². The molecule has 118 valence electrons. The average molecular weight is 334 g/mol. The summed E-state index contributed by atoms with van der Waals surface area (Å²) in [5, 5.41) is 0. The SMILES string of the molecule is Cc1ccc(F)cc1S(=O)(=O)NCC1(CCl)CCCCC1. The third-order valence-electron chi connectivity index (χ3n) is 4.27. The first-order valence-corrected chi connectivity index (χ1v) is 9.22. The van der Waals surface area contributed by atoms with E-state index in [0.717, 1.165) is 31.7 Å². The van der Waals surface area contributed by atoms with E-state index in [9.17, 15) is 12.8 Å². The number of sulfonamides is 1. The molecule has 0 saturated heterocycles. The first kappa shape index (κ1) is 16.7. The van der Waals surface area contributed by atoms with Crippen molar-refractivity contribution in [3.05, 3.63) is 29.6 Å². The van der Waals surface area contributed by atoms with Crippen LogP contribution >= 0.6 is 11.6 Å². The summed E-state index contributed by atoms with van der Waals surface area (Å²) in [7, 11) is -3.71. The number of rotatable bonds is 5. The smallest absolute Gasteiger partial charge is 0.211 e. The maximum absolute atomic E-state index is 13.3. The minimum Gasteiger partial charge on any atom is -0.211 e. The van der Waals surface area contributed by atoms with Crippen molar-refractivity contribution >= 4 is 21.6 Å². The third-order valence-corrected chi connectivity index (χ3v) is 6.38. The van der Waals surface area contributed by atoms with Crippen LogP contribution in [0.1, 0.15) is 37.7 Å². The van der Waals surface area contributed by atoms with Gasteiger partial charge < -0.3 is 0 Å². The lowest BCUT2D eigenvalue weighted by molar-refractivity contribution is 0.223. The lowest BCUT2D eigenvalue weighted by Gasteiger charge is -2.35. The molecule has 1 fully saturated rings. The van der Waals surface area contributed by atoms with E-state index < -0.39 is 15.8 Å². The van der Waals surface area contributed by atoms with E-state index in [0.29, 0.717) is 18.0 Å². The molecule has 3 nitrogen and oxygen atoms in total. The molecule has 1 N–H and O–H groups in total. The molecule has 1 aromatic carbocycles. The Bertz CT molecular complexity index is 598. The predicted molar refractivity (Wildman–Crippen MR) is 82.6 cm³/mol. The Morgan fingerprint density at radius 3 is 2.57 bits per heavy atom. The minimum atomic E-state index is -3.71. The Morgan fingerprint density at radius 1 is 1.29 bits per heavy atom. The van der Waals surface area contributed by atoms with Crippen molar-refractivity contribution in [1.82, 2.24) is 4.72 Å². The molecule has 1 aromatic rings. The molecule has 1 saturated carbocycles. The summed E-state index contributed by atoms with van der Waals surface area (Å²) in [6, 6.07) is 3.80. The number of alkyl halides is 1. The van der Waals surface area contributed by atoms with Gasteiger partial charge in [0.25, 0.3) is 0 Å². The van der Waals surface area contributed by atoms with E-state index in [1.54, 1.807) is 6.92 Å².